The summed E-state index contributed by atoms with van der Waals surface area (Å²) in [4.78, 5) is 22.6. The van der Waals surface area contributed by atoms with Gasteiger partial charge in [-0.15, -0.1) is 0 Å². The van der Waals surface area contributed by atoms with Crippen LogP contribution in [0.5, 0.6) is 0 Å². The number of hydrogen-bond donors (Lipinski definition) is 1. The fraction of sp³-hybridized carbons (Fsp3) is 0.200. The van der Waals surface area contributed by atoms with E-state index in [0.29, 0.717) is 6.54 Å². The lowest BCUT2D eigenvalue weighted by Gasteiger charge is -2.08. The molecule has 0 amide bonds. The van der Waals surface area contributed by atoms with E-state index in [1.807, 2.05) is 32.0 Å². The van der Waals surface area contributed by atoms with Gasteiger partial charge in [-0.05, 0) is 36.6 Å². The Morgan fingerprint density at radius 1 is 1.16 bits per heavy atom. The van der Waals surface area contributed by atoms with Crippen LogP contribution in [-0.2, 0) is 6.54 Å². The number of benzene rings is 1. The normalized spacial score (nSPS) is 10.4. The van der Waals surface area contributed by atoms with Crippen LogP contribution < -0.4 is 5.56 Å². The van der Waals surface area contributed by atoms with Gasteiger partial charge in [0.05, 0.1) is 12.1 Å². The van der Waals surface area contributed by atoms with Gasteiger partial charge in [0.1, 0.15) is 0 Å². The highest BCUT2D eigenvalue weighted by molar-refractivity contribution is 5.87. The summed E-state index contributed by atoms with van der Waals surface area (Å²) in [5.74, 6) is -1.03. The van der Waals surface area contributed by atoms with E-state index in [1.54, 1.807) is 0 Å². The topological polar surface area (TPSA) is 59.3 Å². The van der Waals surface area contributed by atoms with Gasteiger partial charge in [0.2, 0.25) is 0 Å². The number of rotatable bonds is 3. The molecule has 0 fully saturated rings. The molecular formula is C15H15NO3. The Kier molecular flexibility index (Phi) is 3.51. The van der Waals surface area contributed by atoms with Crippen LogP contribution in [0.1, 0.15) is 27.0 Å². The number of aryl methyl sites for hydroxylation is 2. The summed E-state index contributed by atoms with van der Waals surface area (Å²) in [7, 11) is 0. The van der Waals surface area contributed by atoms with E-state index in [1.165, 1.54) is 28.5 Å². The minimum Gasteiger partial charge on any atom is -0.478 e. The largest absolute Gasteiger partial charge is 0.478 e. The van der Waals surface area contributed by atoms with Crippen LogP contribution in [0.15, 0.2) is 41.3 Å². The average molecular weight is 257 g/mol. The molecule has 4 nitrogen and oxygen atoms in total. The zero-order valence-corrected chi connectivity index (χ0v) is 10.9. The van der Waals surface area contributed by atoms with Crippen molar-refractivity contribution in [2.24, 2.45) is 0 Å². The number of aromatic nitrogens is 1. The highest BCUT2D eigenvalue weighted by atomic mass is 16.4. The number of pyridine rings is 1. The van der Waals surface area contributed by atoms with Crippen molar-refractivity contribution in [3.63, 3.8) is 0 Å². The molecule has 0 aliphatic carbocycles. The highest BCUT2D eigenvalue weighted by Crippen LogP contribution is 2.10. The second-order valence-corrected chi connectivity index (χ2v) is 4.61. The molecule has 1 heterocycles. The molecule has 2 rings (SSSR count). The molecule has 0 spiro atoms. The first-order valence-electron chi connectivity index (χ1n) is 5.97. The average Bonchev–Trinajstić information content (AvgIpc) is 2.36. The summed E-state index contributed by atoms with van der Waals surface area (Å²) in [5, 5.41) is 8.93. The maximum Gasteiger partial charge on any atom is 0.337 e. The molecule has 0 unspecified atom stereocenters. The highest BCUT2D eigenvalue weighted by Gasteiger charge is 2.06. The molecule has 0 bridgehead atoms. The number of carbonyl (C=O) groups is 1. The fourth-order valence-corrected chi connectivity index (χ4v) is 1.88. The minimum absolute atomic E-state index is 0.114. The van der Waals surface area contributed by atoms with Gasteiger partial charge >= 0.3 is 5.97 Å². The molecule has 0 radical (unpaired) electrons. The molecule has 0 aliphatic heterocycles. The third kappa shape index (κ3) is 2.91. The molecule has 0 saturated carbocycles. The zero-order valence-electron chi connectivity index (χ0n) is 10.9. The van der Waals surface area contributed by atoms with Crippen LogP contribution in [0.25, 0.3) is 0 Å². The van der Waals surface area contributed by atoms with Gasteiger partial charge in [0.15, 0.2) is 0 Å². The van der Waals surface area contributed by atoms with Gasteiger partial charge in [0.25, 0.3) is 5.56 Å². The van der Waals surface area contributed by atoms with E-state index in [4.69, 9.17) is 5.11 Å². The van der Waals surface area contributed by atoms with E-state index >= 15 is 0 Å². The Hall–Kier alpha value is -2.36. The van der Waals surface area contributed by atoms with E-state index in [0.717, 1.165) is 11.1 Å². The first-order valence-corrected chi connectivity index (χ1v) is 5.97. The second kappa shape index (κ2) is 5.10. The van der Waals surface area contributed by atoms with Crippen LogP contribution in [-0.4, -0.2) is 15.6 Å². The Morgan fingerprint density at radius 3 is 2.53 bits per heavy atom. The first-order chi connectivity index (χ1) is 8.97. The summed E-state index contributed by atoms with van der Waals surface area (Å²) >= 11 is 0. The van der Waals surface area contributed by atoms with Crippen molar-refractivity contribution in [1.82, 2.24) is 4.57 Å². The van der Waals surface area contributed by atoms with Gasteiger partial charge in [-0.1, -0.05) is 18.2 Å². The van der Waals surface area contributed by atoms with Crippen molar-refractivity contribution < 1.29 is 9.90 Å². The summed E-state index contributed by atoms with van der Waals surface area (Å²) < 4.78 is 1.41. The molecule has 2 aromatic rings. The van der Waals surface area contributed by atoms with Crippen LogP contribution in [0.2, 0.25) is 0 Å². The monoisotopic (exact) mass is 257 g/mol. The van der Waals surface area contributed by atoms with E-state index < -0.39 is 5.97 Å². The van der Waals surface area contributed by atoms with E-state index in [2.05, 4.69) is 0 Å². The van der Waals surface area contributed by atoms with Gasteiger partial charge in [0, 0.05) is 12.3 Å². The van der Waals surface area contributed by atoms with Gasteiger partial charge in [-0.2, -0.15) is 0 Å². The SMILES string of the molecule is Cc1ccc(Cn2cc(C(=O)O)ccc2=O)cc1C. The second-order valence-electron chi connectivity index (χ2n) is 4.61. The van der Waals surface area contributed by atoms with Crippen molar-refractivity contribution in [3.8, 4) is 0 Å². The molecule has 1 aromatic heterocycles. The lowest BCUT2D eigenvalue weighted by Crippen LogP contribution is -2.20. The van der Waals surface area contributed by atoms with E-state index in [-0.39, 0.29) is 11.1 Å². The van der Waals surface area contributed by atoms with Crippen molar-refractivity contribution in [3.05, 3.63) is 69.1 Å². The third-order valence-corrected chi connectivity index (χ3v) is 3.15. The summed E-state index contributed by atoms with van der Waals surface area (Å²) in [6.07, 6.45) is 1.37. The molecule has 4 heteroatoms. The Labute approximate surface area is 110 Å². The maximum atomic E-state index is 11.7. The fourth-order valence-electron chi connectivity index (χ4n) is 1.88. The Bertz CT molecular complexity index is 686. The molecule has 19 heavy (non-hydrogen) atoms. The first kappa shape index (κ1) is 13.1. The molecule has 98 valence electrons. The predicted molar refractivity (Wildman–Crippen MR) is 72.7 cm³/mol. The van der Waals surface area contributed by atoms with Gasteiger partial charge in [-0.25, -0.2) is 4.79 Å². The summed E-state index contributed by atoms with van der Waals surface area (Å²) in [5.41, 5.74) is 3.23. The lowest BCUT2D eigenvalue weighted by molar-refractivity contribution is 0.0696. The summed E-state index contributed by atoms with van der Waals surface area (Å²) in [6, 6.07) is 8.56. The number of nitrogens with zero attached hydrogens (tertiary/aromatic N) is 1. The van der Waals surface area contributed by atoms with Crippen LogP contribution in [0.4, 0.5) is 0 Å². The van der Waals surface area contributed by atoms with Crippen molar-refractivity contribution in [2.45, 2.75) is 20.4 Å². The van der Waals surface area contributed by atoms with Crippen molar-refractivity contribution in [1.29, 1.82) is 0 Å². The number of carboxylic acids is 1. The standard InChI is InChI=1S/C15H15NO3/c1-10-3-4-12(7-11(10)2)8-16-9-13(15(18)19)5-6-14(16)17/h3-7,9H,8H2,1-2H3,(H,18,19). The zero-order chi connectivity index (χ0) is 14.0. The number of carboxylic acid groups (broad SMARTS) is 1. The maximum absolute atomic E-state index is 11.7. The minimum atomic E-state index is -1.03. The van der Waals surface area contributed by atoms with Crippen molar-refractivity contribution in [2.75, 3.05) is 0 Å². The number of aromatic carboxylic acids is 1. The predicted octanol–water partition coefficient (Wildman–Crippen LogP) is 2.21. The van der Waals surface area contributed by atoms with Gasteiger partial charge in [-0.3, -0.25) is 4.79 Å². The summed E-state index contributed by atoms with van der Waals surface area (Å²) in [6.45, 7) is 4.41. The van der Waals surface area contributed by atoms with E-state index in [9.17, 15) is 9.59 Å². The lowest BCUT2D eigenvalue weighted by atomic mass is 10.1. The number of hydrogen-bond acceptors (Lipinski definition) is 2. The Morgan fingerprint density at radius 2 is 1.89 bits per heavy atom. The van der Waals surface area contributed by atoms with Crippen LogP contribution in [0.3, 0.4) is 0 Å². The molecule has 0 aliphatic rings. The van der Waals surface area contributed by atoms with Crippen LogP contribution in [0, 0.1) is 13.8 Å². The Balaban J connectivity index is 2.37. The molecular weight excluding hydrogens is 242 g/mol. The van der Waals surface area contributed by atoms with Gasteiger partial charge < -0.3 is 9.67 Å². The molecule has 0 saturated heterocycles. The smallest absolute Gasteiger partial charge is 0.337 e. The molecule has 0 atom stereocenters. The van der Waals surface area contributed by atoms with Crippen molar-refractivity contribution >= 4 is 5.97 Å². The third-order valence-electron chi connectivity index (χ3n) is 3.15. The molecule has 1 N–H and O–H groups in total. The van der Waals surface area contributed by atoms with Crippen LogP contribution >= 0.6 is 0 Å². The molecule has 1 aromatic carbocycles. The quantitative estimate of drug-likeness (QED) is 0.917.